The molecule has 1 aromatic carbocycles. The minimum atomic E-state index is -3.55. The fourth-order valence-corrected chi connectivity index (χ4v) is 2.93. The van der Waals surface area contributed by atoms with Gasteiger partial charge in [0.05, 0.1) is 17.6 Å². The van der Waals surface area contributed by atoms with Crippen LogP contribution in [0.5, 0.6) is 0 Å². The van der Waals surface area contributed by atoms with Crippen molar-refractivity contribution in [3.63, 3.8) is 0 Å². The van der Waals surface area contributed by atoms with Crippen molar-refractivity contribution in [3.8, 4) is 0 Å². The molecule has 1 N–H and O–H groups in total. The average Bonchev–Trinajstić information content (AvgIpc) is 2.73. The minimum absolute atomic E-state index is 0.0304. The molecular weight excluding hydrogens is 320 g/mol. The lowest BCUT2D eigenvalue weighted by atomic mass is 10.4. The molecule has 0 aliphatic carbocycles. The summed E-state index contributed by atoms with van der Waals surface area (Å²) >= 11 is 3.23. The SMILES string of the molecule is Cc1cnc(CNS(=O)(=O)c2cccc(Br)c2)o1. The summed E-state index contributed by atoms with van der Waals surface area (Å²) in [5.41, 5.74) is 0. The second-order valence-corrected chi connectivity index (χ2v) is 6.33. The largest absolute Gasteiger partial charge is 0.445 e. The van der Waals surface area contributed by atoms with Crippen LogP contribution in [0.1, 0.15) is 11.7 Å². The van der Waals surface area contributed by atoms with Gasteiger partial charge < -0.3 is 4.42 Å². The fraction of sp³-hybridized carbons (Fsp3) is 0.182. The van der Waals surface area contributed by atoms with Crippen molar-refractivity contribution in [1.29, 1.82) is 0 Å². The molecule has 0 spiro atoms. The first-order chi connectivity index (χ1) is 8.47. The Morgan fingerprint density at radius 2 is 2.22 bits per heavy atom. The standard InChI is InChI=1S/C11H11BrN2O3S/c1-8-6-13-11(17-8)7-14-18(15,16)10-4-2-3-9(12)5-10/h2-6,14H,7H2,1H3. The quantitative estimate of drug-likeness (QED) is 0.932. The summed E-state index contributed by atoms with van der Waals surface area (Å²) in [4.78, 5) is 4.12. The van der Waals surface area contributed by atoms with E-state index in [9.17, 15) is 8.42 Å². The van der Waals surface area contributed by atoms with Crippen LogP contribution >= 0.6 is 15.9 Å². The first-order valence-electron chi connectivity index (χ1n) is 5.14. The normalized spacial score (nSPS) is 11.7. The third-order valence-corrected chi connectivity index (χ3v) is 4.08. The van der Waals surface area contributed by atoms with Crippen LogP contribution in [0, 0.1) is 6.92 Å². The summed E-state index contributed by atoms with van der Waals surface area (Å²) in [7, 11) is -3.55. The monoisotopic (exact) mass is 330 g/mol. The predicted octanol–water partition coefficient (Wildman–Crippen LogP) is 2.22. The van der Waals surface area contributed by atoms with Crippen molar-refractivity contribution in [1.82, 2.24) is 9.71 Å². The fourth-order valence-electron chi connectivity index (χ4n) is 1.36. The Bertz CT molecular complexity index is 652. The molecule has 0 saturated carbocycles. The van der Waals surface area contributed by atoms with Crippen LogP contribution in [0.2, 0.25) is 0 Å². The second-order valence-electron chi connectivity index (χ2n) is 3.65. The van der Waals surface area contributed by atoms with E-state index in [0.717, 1.165) is 0 Å². The van der Waals surface area contributed by atoms with Gasteiger partial charge in [0.2, 0.25) is 15.9 Å². The maximum Gasteiger partial charge on any atom is 0.241 e. The molecule has 0 saturated heterocycles. The van der Waals surface area contributed by atoms with E-state index in [-0.39, 0.29) is 11.4 Å². The topological polar surface area (TPSA) is 72.2 Å². The van der Waals surface area contributed by atoms with Crippen LogP contribution in [0.25, 0.3) is 0 Å². The van der Waals surface area contributed by atoms with Crippen LogP contribution in [0.3, 0.4) is 0 Å². The highest BCUT2D eigenvalue weighted by Crippen LogP contribution is 2.16. The highest BCUT2D eigenvalue weighted by Gasteiger charge is 2.15. The number of oxazole rings is 1. The smallest absolute Gasteiger partial charge is 0.241 e. The van der Waals surface area contributed by atoms with Gasteiger partial charge in [0.1, 0.15) is 5.76 Å². The van der Waals surface area contributed by atoms with E-state index in [0.29, 0.717) is 16.1 Å². The summed E-state index contributed by atoms with van der Waals surface area (Å²) in [6.45, 7) is 1.78. The van der Waals surface area contributed by atoms with Crippen LogP contribution in [0.15, 0.2) is 44.2 Å². The average molecular weight is 331 g/mol. The van der Waals surface area contributed by atoms with Gasteiger partial charge in [-0.2, -0.15) is 0 Å². The zero-order valence-corrected chi connectivity index (χ0v) is 12.0. The van der Waals surface area contributed by atoms with Crippen molar-refractivity contribution < 1.29 is 12.8 Å². The van der Waals surface area contributed by atoms with Gasteiger partial charge >= 0.3 is 0 Å². The highest BCUT2D eigenvalue weighted by molar-refractivity contribution is 9.10. The second kappa shape index (κ2) is 5.21. The number of halogens is 1. The van der Waals surface area contributed by atoms with E-state index in [2.05, 4.69) is 25.6 Å². The maximum atomic E-state index is 12.0. The third kappa shape index (κ3) is 3.18. The molecule has 0 bridgehead atoms. The van der Waals surface area contributed by atoms with Gasteiger partial charge in [0.15, 0.2) is 0 Å². The van der Waals surface area contributed by atoms with Crippen LogP contribution in [-0.4, -0.2) is 13.4 Å². The predicted molar refractivity (Wildman–Crippen MR) is 69.4 cm³/mol. The van der Waals surface area contributed by atoms with E-state index >= 15 is 0 Å². The number of nitrogens with one attached hydrogen (secondary N) is 1. The molecule has 0 unspecified atom stereocenters. The first kappa shape index (κ1) is 13.3. The Hall–Kier alpha value is -1.18. The Labute approximate surface area is 113 Å². The molecule has 7 heteroatoms. The number of aryl methyl sites for hydroxylation is 1. The summed E-state index contributed by atoms with van der Waals surface area (Å²) in [5.74, 6) is 0.984. The number of sulfonamides is 1. The molecule has 18 heavy (non-hydrogen) atoms. The van der Waals surface area contributed by atoms with E-state index in [1.807, 2.05) is 0 Å². The van der Waals surface area contributed by atoms with Gasteiger partial charge in [-0.05, 0) is 25.1 Å². The van der Waals surface area contributed by atoms with Crippen molar-refractivity contribution in [2.24, 2.45) is 0 Å². The Morgan fingerprint density at radius 3 is 2.83 bits per heavy atom. The van der Waals surface area contributed by atoms with Crippen LogP contribution in [0.4, 0.5) is 0 Å². The Kier molecular flexibility index (Phi) is 3.84. The van der Waals surface area contributed by atoms with E-state index in [4.69, 9.17) is 4.42 Å². The van der Waals surface area contributed by atoms with E-state index in [1.165, 1.54) is 12.1 Å². The number of hydrogen-bond donors (Lipinski definition) is 1. The third-order valence-electron chi connectivity index (χ3n) is 2.19. The van der Waals surface area contributed by atoms with Gasteiger partial charge in [0.25, 0.3) is 0 Å². The number of benzene rings is 1. The van der Waals surface area contributed by atoms with Gasteiger partial charge in [-0.15, -0.1) is 0 Å². The van der Waals surface area contributed by atoms with Crippen molar-refractivity contribution in [2.75, 3.05) is 0 Å². The first-order valence-corrected chi connectivity index (χ1v) is 7.41. The molecular formula is C11H11BrN2O3S. The molecule has 0 fully saturated rings. The Balaban J connectivity index is 2.13. The lowest BCUT2D eigenvalue weighted by Crippen LogP contribution is -2.23. The number of aromatic nitrogens is 1. The van der Waals surface area contributed by atoms with Gasteiger partial charge in [-0.3, -0.25) is 0 Å². The summed E-state index contributed by atoms with van der Waals surface area (Å²) in [6, 6.07) is 6.47. The molecule has 0 radical (unpaired) electrons. The van der Waals surface area contributed by atoms with Gasteiger partial charge in [-0.25, -0.2) is 18.1 Å². The number of nitrogens with zero attached hydrogens (tertiary/aromatic N) is 1. The van der Waals surface area contributed by atoms with E-state index < -0.39 is 10.0 Å². The zero-order valence-electron chi connectivity index (χ0n) is 9.55. The molecule has 0 amide bonds. The number of rotatable bonds is 4. The molecule has 0 aliphatic heterocycles. The molecule has 0 aliphatic rings. The lowest BCUT2D eigenvalue weighted by Gasteiger charge is -2.05. The zero-order chi connectivity index (χ0) is 13.2. The summed E-state index contributed by atoms with van der Waals surface area (Å²) < 4.78 is 32.3. The highest BCUT2D eigenvalue weighted by atomic mass is 79.9. The van der Waals surface area contributed by atoms with Crippen LogP contribution < -0.4 is 4.72 Å². The molecule has 0 atom stereocenters. The summed E-state index contributed by atoms with van der Waals surface area (Å²) in [6.07, 6.45) is 1.54. The molecule has 2 aromatic rings. The lowest BCUT2D eigenvalue weighted by molar-refractivity contribution is 0.463. The summed E-state index contributed by atoms with van der Waals surface area (Å²) in [5, 5.41) is 0. The molecule has 2 rings (SSSR count). The van der Waals surface area contributed by atoms with Gasteiger partial charge in [0, 0.05) is 4.47 Å². The molecule has 1 aromatic heterocycles. The van der Waals surface area contributed by atoms with E-state index in [1.54, 1.807) is 25.3 Å². The molecule has 5 nitrogen and oxygen atoms in total. The Morgan fingerprint density at radius 1 is 1.44 bits per heavy atom. The van der Waals surface area contributed by atoms with Crippen molar-refractivity contribution in [2.45, 2.75) is 18.4 Å². The number of hydrogen-bond acceptors (Lipinski definition) is 4. The van der Waals surface area contributed by atoms with Crippen molar-refractivity contribution in [3.05, 3.63) is 46.6 Å². The maximum absolute atomic E-state index is 12.0. The molecule has 96 valence electrons. The van der Waals surface area contributed by atoms with Crippen LogP contribution in [-0.2, 0) is 16.6 Å². The minimum Gasteiger partial charge on any atom is -0.445 e. The van der Waals surface area contributed by atoms with Crippen molar-refractivity contribution >= 4 is 26.0 Å². The van der Waals surface area contributed by atoms with Gasteiger partial charge in [-0.1, -0.05) is 22.0 Å². The molecule has 1 heterocycles.